The third-order valence-electron chi connectivity index (χ3n) is 5.12. The van der Waals surface area contributed by atoms with Crippen molar-refractivity contribution in [2.24, 2.45) is 0 Å². The van der Waals surface area contributed by atoms with Gasteiger partial charge < -0.3 is 23.6 Å². The predicted molar refractivity (Wildman–Crippen MR) is 86.0 cm³/mol. The van der Waals surface area contributed by atoms with Gasteiger partial charge >= 0.3 is 0 Å². The second-order valence-corrected chi connectivity index (χ2v) is 6.52. The monoisotopic (exact) mass is 342 g/mol. The molecule has 0 N–H and O–H groups in total. The highest BCUT2D eigenvalue weighted by molar-refractivity contribution is 5.95. The van der Waals surface area contributed by atoms with Gasteiger partial charge in [0.25, 0.3) is 5.91 Å². The van der Waals surface area contributed by atoms with E-state index in [-0.39, 0.29) is 5.91 Å². The van der Waals surface area contributed by atoms with Crippen LogP contribution in [0.3, 0.4) is 0 Å². The van der Waals surface area contributed by atoms with Gasteiger partial charge in [-0.15, -0.1) is 0 Å². The number of ether oxygens (including phenoxy) is 3. The van der Waals surface area contributed by atoms with Gasteiger partial charge in [-0.05, 0) is 12.1 Å². The van der Waals surface area contributed by atoms with E-state index >= 15 is 0 Å². The first-order valence-corrected chi connectivity index (χ1v) is 8.54. The number of carbonyl (C=O) groups excluding carboxylic acids is 1. The molecule has 2 saturated heterocycles. The van der Waals surface area contributed by atoms with Gasteiger partial charge in [0.1, 0.15) is 12.4 Å². The number of benzene rings is 1. The highest BCUT2D eigenvalue weighted by Gasteiger charge is 2.42. The summed E-state index contributed by atoms with van der Waals surface area (Å²) in [6.45, 7) is 2.71. The number of likely N-dealkylation sites (tertiary alicyclic amines) is 1. The Bertz CT molecular complexity index is 815. The molecule has 1 aromatic carbocycles. The van der Waals surface area contributed by atoms with Gasteiger partial charge in [0.15, 0.2) is 17.2 Å². The van der Waals surface area contributed by atoms with Crippen molar-refractivity contribution in [2.75, 3.05) is 26.3 Å². The Kier molecular flexibility index (Phi) is 3.33. The molecule has 2 fully saturated rings. The van der Waals surface area contributed by atoms with E-state index in [1.54, 1.807) is 4.90 Å². The lowest BCUT2D eigenvalue weighted by atomic mass is 10.0. The zero-order valence-corrected chi connectivity index (χ0v) is 13.7. The number of amides is 1. The second-order valence-electron chi connectivity index (χ2n) is 6.52. The Labute approximate surface area is 144 Å². The number of piperidine rings is 1. The van der Waals surface area contributed by atoms with Crippen molar-refractivity contribution in [1.82, 2.24) is 10.1 Å². The summed E-state index contributed by atoms with van der Waals surface area (Å²) in [6, 6.07) is 7.61. The first kappa shape index (κ1) is 14.9. The highest BCUT2D eigenvalue weighted by atomic mass is 16.7. The Balaban J connectivity index is 1.39. The Morgan fingerprint density at radius 2 is 1.88 bits per heavy atom. The maximum atomic E-state index is 12.9. The van der Waals surface area contributed by atoms with Crippen LogP contribution in [0.5, 0.6) is 5.75 Å². The van der Waals surface area contributed by atoms with Crippen LogP contribution in [0.2, 0.25) is 0 Å². The standard InChI is InChI=1S/C18H18N2O5/c21-17(20-7-5-18(6-8-20)23-9-10-24-18)15-13-11-22-14-4-2-1-3-12(14)16(13)25-19-15/h1-4H,5-11H2. The third-order valence-corrected chi connectivity index (χ3v) is 5.12. The van der Waals surface area contributed by atoms with Gasteiger partial charge in [0, 0.05) is 25.9 Å². The maximum Gasteiger partial charge on any atom is 0.276 e. The molecule has 0 bridgehead atoms. The second kappa shape index (κ2) is 5.57. The molecule has 5 rings (SSSR count). The van der Waals surface area contributed by atoms with Crippen molar-refractivity contribution in [3.8, 4) is 17.1 Å². The van der Waals surface area contributed by atoms with Gasteiger partial charge in [0.05, 0.1) is 24.3 Å². The van der Waals surface area contributed by atoms with E-state index < -0.39 is 5.79 Å². The average Bonchev–Trinajstić information content (AvgIpc) is 3.29. The largest absolute Gasteiger partial charge is 0.488 e. The van der Waals surface area contributed by atoms with E-state index in [2.05, 4.69) is 5.16 Å². The lowest BCUT2D eigenvalue weighted by Crippen LogP contribution is -2.47. The molecule has 3 aliphatic rings. The molecule has 0 atom stereocenters. The minimum atomic E-state index is -0.498. The van der Waals surface area contributed by atoms with Gasteiger partial charge in [-0.1, -0.05) is 17.3 Å². The van der Waals surface area contributed by atoms with Crippen LogP contribution < -0.4 is 4.74 Å². The van der Waals surface area contributed by atoms with Crippen LogP contribution in [0.4, 0.5) is 0 Å². The topological polar surface area (TPSA) is 74.0 Å². The molecule has 0 saturated carbocycles. The summed E-state index contributed by atoms with van der Waals surface area (Å²) in [5.41, 5.74) is 1.90. The molecule has 7 nitrogen and oxygen atoms in total. The Morgan fingerprint density at radius 3 is 2.68 bits per heavy atom. The minimum Gasteiger partial charge on any atom is -0.488 e. The van der Waals surface area contributed by atoms with E-state index in [4.69, 9.17) is 18.7 Å². The molecule has 2 aromatic rings. The summed E-state index contributed by atoms with van der Waals surface area (Å²) >= 11 is 0. The summed E-state index contributed by atoms with van der Waals surface area (Å²) < 4.78 is 22.7. The summed E-state index contributed by atoms with van der Waals surface area (Å²) in [4.78, 5) is 14.7. The van der Waals surface area contributed by atoms with Crippen molar-refractivity contribution in [1.29, 1.82) is 0 Å². The van der Waals surface area contributed by atoms with Crippen molar-refractivity contribution in [2.45, 2.75) is 25.2 Å². The fraction of sp³-hybridized carbons (Fsp3) is 0.444. The number of hydrogen-bond acceptors (Lipinski definition) is 6. The van der Waals surface area contributed by atoms with Gasteiger partial charge in [-0.25, -0.2) is 0 Å². The number of fused-ring (bicyclic) bond motifs is 3. The van der Waals surface area contributed by atoms with Crippen LogP contribution in [0.1, 0.15) is 28.9 Å². The molecule has 25 heavy (non-hydrogen) atoms. The van der Waals surface area contributed by atoms with Crippen LogP contribution >= 0.6 is 0 Å². The van der Waals surface area contributed by atoms with Gasteiger partial charge in [0.2, 0.25) is 0 Å². The molecule has 0 aliphatic carbocycles. The summed E-state index contributed by atoms with van der Waals surface area (Å²) in [6.07, 6.45) is 1.36. The van der Waals surface area contributed by atoms with Crippen molar-refractivity contribution in [3.05, 3.63) is 35.5 Å². The summed E-state index contributed by atoms with van der Waals surface area (Å²) in [7, 11) is 0. The molecule has 1 amide bonds. The van der Waals surface area contributed by atoms with E-state index in [1.807, 2.05) is 24.3 Å². The molecule has 1 aromatic heterocycles. The van der Waals surface area contributed by atoms with Crippen LogP contribution in [0.25, 0.3) is 11.3 Å². The Hall–Kier alpha value is -2.38. The zero-order chi connectivity index (χ0) is 16.9. The van der Waals surface area contributed by atoms with Crippen LogP contribution in [0, 0.1) is 0 Å². The van der Waals surface area contributed by atoms with Crippen molar-refractivity contribution >= 4 is 5.91 Å². The molecule has 3 aliphatic heterocycles. The first-order valence-electron chi connectivity index (χ1n) is 8.54. The lowest BCUT2D eigenvalue weighted by molar-refractivity contribution is -0.181. The zero-order valence-electron chi connectivity index (χ0n) is 13.7. The third kappa shape index (κ3) is 2.34. The fourth-order valence-corrected chi connectivity index (χ4v) is 3.74. The SMILES string of the molecule is O=C(c1noc2c1COc1ccccc1-2)N1CCC2(CC1)OCCO2. The number of aromatic nitrogens is 1. The molecular formula is C18H18N2O5. The van der Waals surface area contributed by atoms with Crippen molar-refractivity contribution < 1.29 is 23.5 Å². The molecule has 0 radical (unpaired) electrons. The molecule has 0 unspecified atom stereocenters. The minimum absolute atomic E-state index is 0.124. The first-order chi connectivity index (χ1) is 12.3. The summed E-state index contributed by atoms with van der Waals surface area (Å²) in [5, 5.41) is 4.05. The van der Waals surface area contributed by atoms with Crippen LogP contribution in [-0.2, 0) is 16.1 Å². The maximum absolute atomic E-state index is 12.9. The van der Waals surface area contributed by atoms with Crippen LogP contribution in [0.15, 0.2) is 28.8 Å². The number of carbonyl (C=O) groups is 1. The van der Waals surface area contributed by atoms with E-state index in [0.717, 1.165) is 16.9 Å². The van der Waals surface area contributed by atoms with Crippen LogP contribution in [-0.4, -0.2) is 48.1 Å². The van der Waals surface area contributed by atoms with Crippen molar-refractivity contribution in [3.63, 3.8) is 0 Å². The normalized spacial score (nSPS) is 20.9. The number of hydrogen-bond donors (Lipinski definition) is 0. The smallest absolute Gasteiger partial charge is 0.276 e. The molecular weight excluding hydrogens is 324 g/mol. The number of para-hydroxylation sites is 1. The molecule has 1 spiro atoms. The summed E-state index contributed by atoms with van der Waals surface area (Å²) in [5.74, 6) is 0.754. The number of nitrogens with zero attached hydrogens (tertiary/aromatic N) is 2. The van der Waals surface area contributed by atoms with E-state index in [9.17, 15) is 4.79 Å². The van der Waals surface area contributed by atoms with Gasteiger partial charge in [-0.2, -0.15) is 0 Å². The molecule has 4 heterocycles. The number of rotatable bonds is 1. The Morgan fingerprint density at radius 1 is 1.12 bits per heavy atom. The van der Waals surface area contributed by atoms with E-state index in [0.29, 0.717) is 57.2 Å². The molecule has 7 heteroatoms. The lowest BCUT2D eigenvalue weighted by Gasteiger charge is -2.37. The van der Waals surface area contributed by atoms with E-state index in [1.165, 1.54) is 0 Å². The fourth-order valence-electron chi connectivity index (χ4n) is 3.74. The van der Waals surface area contributed by atoms with Gasteiger partial charge in [-0.3, -0.25) is 4.79 Å². The predicted octanol–water partition coefficient (Wildman–Crippen LogP) is 2.21. The molecule has 130 valence electrons. The average molecular weight is 342 g/mol. The quantitative estimate of drug-likeness (QED) is 0.791. The highest BCUT2D eigenvalue weighted by Crippen LogP contribution is 2.39.